The van der Waals surface area contributed by atoms with Gasteiger partial charge in [-0.1, -0.05) is 30.3 Å². The van der Waals surface area contributed by atoms with Crippen LogP contribution in [0.2, 0.25) is 0 Å². The van der Waals surface area contributed by atoms with Crippen molar-refractivity contribution >= 4 is 5.91 Å². The maximum atomic E-state index is 13.4. The van der Waals surface area contributed by atoms with Gasteiger partial charge in [0.2, 0.25) is 0 Å². The lowest BCUT2D eigenvalue weighted by Crippen LogP contribution is -2.33. The molecule has 0 aliphatic carbocycles. The maximum Gasteiger partial charge on any atom is 0.255 e. The molecule has 132 valence electrons. The van der Waals surface area contributed by atoms with Crippen LogP contribution in [0.3, 0.4) is 0 Å². The fraction of sp³-hybridized carbons (Fsp3) is 0.250. The van der Waals surface area contributed by atoms with Crippen LogP contribution in [0.5, 0.6) is 0 Å². The molecular formula is C20H19FN4O. The van der Waals surface area contributed by atoms with Gasteiger partial charge >= 0.3 is 0 Å². The van der Waals surface area contributed by atoms with Gasteiger partial charge in [0.1, 0.15) is 5.82 Å². The molecule has 3 aromatic rings. The van der Waals surface area contributed by atoms with E-state index in [0.717, 1.165) is 36.0 Å². The summed E-state index contributed by atoms with van der Waals surface area (Å²) in [5.41, 5.74) is 4.68. The molecule has 0 bridgehead atoms. The van der Waals surface area contributed by atoms with Crippen LogP contribution in [-0.2, 0) is 19.9 Å². The number of hydrogen-bond acceptors (Lipinski definition) is 3. The number of carbonyl (C=O) groups is 1. The first kappa shape index (κ1) is 16.4. The summed E-state index contributed by atoms with van der Waals surface area (Å²) in [5.74, 6) is -0.677. The van der Waals surface area contributed by atoms with E-state index in [1.165, 1.54) is 17.8 Å². The highest BCUT2D eigenvalue weighted by atomic mass is 19.1. The van der Waals surface area contributed by atoms with E-state index in [1.807, 2.05) is 29.9 Å². The van der Waals surface area contributed by atoms with E-state index in [0.29, 0.717) is 13.1 Å². The zero-order valence-electron chi connectivity index (χ0n) is 14.5. The van der Waals surface area contributed by atoms with Gasteiger partial charge in [0.15, 0.2) is 0 Å². The Hall–Kier alpha value is -3.02. The highest BCUT2D eigenvalue weighted by molar-refractivity contribution is 5.94. The molecule has 0 atom stereocenters. The van der Waals surface area contributed by atoms with Crippen LogP contribution < -0.4 is 0 Å². The monoisotopic (exact) mass is 350 g/mol. The Balaban J connectivity index is 1.61. The lowest BCUT2D eigenvalue weighted by molar-refractivity contribution is 0.0761. The second kappa shape index (κ2) is 6.71. The number of aryl methyl sites for hydroxylation is 1. The quantitative estimate of drug-likeness (QED) is 0.714. The zero-order valence-corrected chi connectivity index (χ0v) is 14.5. The summed E-state index contributed by atoms with van der Waals surface area (Å²) in [6.45, 7) is 1.16. The van der Waals surface area contributed by atoms with Crippen molar-refractivity contribution in [3.05, 3.63) is 71.4 Å². The smallest absolute Gasteiger partial charge is 0.255 e. The Labute approximate surface area is 151 Å². The molecule has 0 radical (unpaired) electrons. The predicted molar refractivity (Wildman–Crippen MR) is 96.2 cm³/mol. The number of nitrogens with zero attached hydrogens (tertiary/aromatic N) is 4. The molecule has 1 aromatic carbocycles. The fourth-order valence-corrected chi connectivity index (χ4v) is 3.52. The van der Waals surface area contributed by atoms with Crippen LogP contribution in [0.4, 0.5) is 4.39 Å². The van der Waals surface area contributed by atoms with Gasteiger partial charge in [0, 0.05) is 49.6 Å². The molecule has 0 saturated carbocycles. The van der Waals surface area contributed by atoms with Crippen molar-refractivity contribution in [2.75, 3.05) is 13.1 Å². The summed E-state index contributed by atoms with van der Waals surface area (Å²) in [4.78, 5) is 18.3. The van der Waals surface area contributed by atoms with Crippen molar-refractivity contribution in [2.45, 2.75) is 12.8 Å². The van der Waals surface area contributed by atoms with Gasteiger partial charge < -0.3 is 4.90 Å². The Morgan fingerprint density at radius 2 is 1.88 bits per heavy atom. The molecule has 5 nitrogen and oxygen atoms in total. The summed E-state index contributed by atoms with van der Waals surface area (Å²) in [6.07, 6.45) is 3.97. The average Bonchev–Trinajstić information content (AvgIpc) is 2.83. The Kier molecular flexibility index (Phi) is 4.24. The van der Waals surface area contributed by atoms with E-state index >= 15 is 0 Å². The summed E-state index contributed by atoms with van der Waals surface area (Å²) < 4.78 is 15.3. The van der Waals surface area contributed by atoms with E-state index in [9.17, 15) is 9.18 Å². The van der Waals surface area contributed by atoms with Crippen LogP contribution in [0.25, 0.3) is 11.3 Å². The molecule has 0 N–H and O–H groups in total. The van der Waals surface area contributed by atoms with Crippen LogP contribution in [-0.4, -0.2) is 38.7 Å². The van der Waals surface area contributed by atoms with Crippen molar-refractivity contribution < 1.29 is 9.18 Å². The van der Waals surface area contributed by atoms with E-state index in [2.05, 4.69) is 17.1 Å². The van der Waals surface area contributed by atoms with Gasteiger partial charge in [0.05, 0.1) is 17.5 Å². The first-order valence-electron chi connectivity index (χ1n) is 8.63. The minimum Gasteiger partial charge on any atom is -0.338 e. The standard InChI is InChI=1S/C20H19FN4O/c1-24-18-8-10-25(20(26)15-11-16(21)13-22-12-15)9-7-17(18)19(23-24)14-5-3-2-4-6-14/h2-6,11-13H,7-10H2,1H3. The van der Waals surface area contributed by atoms with Crippen molar-refractivity contribution in [3.63, 3.8) is 0 Å². The molecule has 1 amide bonds. The number of pyridine rings is 1. The Morgan fingerprint density at radius 1 is 1.12 bits per heavy atom. The molecule has 0 spiro atoms. The number of aromatic nitrogens is 3. The van der Waals surface area contributed by atoms with Crippen LogP contribution in [0, 0.1) is 5.82 Å². The first-order valence-corrected chi connectivity index (χ1v) is 8.63. The number of rotatable bonds is 2. The van der Waals surface area contributed by atoms with E-state index in [1.54, 1.807) is 4.90 Å². The normalized spacial score (nSPS) is 14.0. The molecule has 4 rings (SSSR count). The second-order valence-electron chi connectivity index (χ2n) is 6.45. The third kappa shape index (κ3) is 2.98. The molecular weight excluding hydrogens is 331 g/mol. The minimum atomic E-state index is -0.496. The van der Waals surface area contributed by atoms with Crippen LogP contribution >= 0.6 is 0 Å². The number of halogens is 1. The summed E-state index contributed by atoms with van der Waals surface area (Å²) in [5, 5.41) is 4.70. The van der Waals surface area contributed by atoms with Gasteiger partial charge in [-0.3, -0.25) is 14.5 Å². The SMILES string of the molecule is Cn1nc(-c2ccccc2)c2c1CCN(C(=O)c1cncc(F)c1)CC2. The Bertz CT molecular complexity index is 952. The van der Waals surface area contributed by atoms with Crippen molar-refractivity contribution in [1.82, 2.24) is 19.7 Å². The highest BCUT2D eigenvalue weighted by Crippen LogP contribution is 2.28. The molecule has 6 heteroatoms. The minimum absolute atomic E-state index is 0.181. The molecule has 1 aliphatic rings. The molecule has 0 saturated heterocycles. The number of hydrogen-bond donors (Lipinski definition) is 0. The molecule has 3 heterocycles. The third-order valence-electron chi connectivity index (χ3n) is 4.81. The van der Waals surface area contributed by atoms with Gasteiger partial charge in [-0.05, 0) is 12.5 Å². The number of fused-ring (bicyclic) bond motifs is 1. The lowest BCUT2D eigenvalue weighted by atomic mass is 10.0. The average molecular weight is 350 g/mol. The lowest BCUT2D eigenvalue weighted by Gasteiger charge is -2.20. The molecule has 26 heavy (non-hydrogen) atoms. The predicted octanol–water partition coefficient (Wildman–Crippen LogP) is 2.86. The van der Waals surface area contributed by atoms with Gasteiger partial charge in [0.25, 0.3) is 5.91 Å². The highest BCUT2D eigenvalue weighted by Gasteiger charge is 2.25. The molecule has 1 aliphatic heterocycles. The molecule has 2 aromatic heterocycles. The van der Waals surface area contributed by atoms with E-state index in [4.69, 9.17) is 5.10 Å². The summed E-state index contributed by atoms with van der Waals surface area (Å²) in [7, 11) is 1.94. The molecule has 0 fully saturated rings. The molecule has 0 unspecified atom stereocenters. The van der Waals surface area contributed by atoms with Gasteiger partial charge in [-0.25, -0.2) is 4.39 Å². The van der Waals surface area contributed by atoms with Crippen LogP contribution in [0.1, 0.15) is 21.6 Å². The Morgan fingerprint density at radius 3 is 2.65 bits per heavy atom. The van der Waals surface area contributed by atoms with Crippen molar-refractivity contribution in [2.24, 2.45) is 7.05 Å². The van der Waals surface area contributed by atoms with Gasteiger partial charge in [-0.15, -0.1) is 0 Å². The second-order valence-corrected chi connectivity index (χ2v) is 6.45. The fourth-order valence-electron chi connectivity index (χ4n) is 3.52. The topological polar surface area (TPSA) is 51.0 Å². The third-order valence-corrected chi connectivity index (χ3v) is 4.81. The number of amides is 1. The van der Waals surface area contributed by atoms with Crippen molar-refractivity contribution in [3.8, 4) is 11.3 Å². The van der Waals surface area contributed by atoms with Crippen molar-refractivity contribution in [1.29, 1.82) is 0 Å². The summed E-state index contributed by atoms with van der Waals surface area (Å²) >= 11 is 0. The summed E-state index contributed by atoms with van der Waals surface area (Å²) in [6, 6.07) is 11.3. The maximum absolute atomic E-state index is 13.4. The number of carbonyl (C=O) groups excluding carboxylic acids is 1. The van der Waals surface area contributed by atoms with Crippen LogP contribution in [0.15, 0.2) is 48.8 Å². The number of benzene rings is 1. The van der Waals surface area contributed by atoms with E-state index < -0.39 is 5.82 Å². The largest absolute Gasteiger partial charge is 0.338 e. The zero-order chi connectivity index (χ0) is 18.1. The van der Waals surface area contributed by atoms with Gasteiger partial charge in [-0.2, -0.15) is 5.10 Å². The first-order chi connectivity index (χ1) is 12.6. The van der Waals surface area contributed by atoms with E-state index in [-0.39, 0.29) is 11.5 Å².